The molecule has 0 bridgehead atoms. The van der Waals surface area contributed by atoms with Crippen molar-refractivity contribution in [1.82, 2.24) is 14.9 Å². The largest absolute Gasteiger partial charge is 0.494 e. The van der Waals surface area contributed by atoms with E-state index in [9.17, 15) is 5.11 Å². The van der Waals surface area contributed by atoms with Gasteiger partial charge in [0.15, 0.2) is 11.6 Å². The minimum atomic E-state index is -1.74. The highest BCUT2D eigenvalue weighted by Crippen LogP contribution is 2.49. The van der Waals surface area contributed by atoms with Gasteiger partial charge >= 0.3 is 0 Å². The van der Waals surface area contributed by atoms with E-state index in [1.807, 2.05) is 37.2 Å². The number of halogens is 2. The molecule has 8 nitrogen and oxygen atoms in total. The SMILES string of the molecule is COc1cc([C@@](O)(CCN(C)C)[C@@H](c2cc(-c3ccc(Cl)cc3)cnc2OC)c2cccc(OC)c2F)cc(OC)n1. The van der Waals surface area contributed by atoms with Crippen molar-refractivity contribution in [3.05, 3.63) is 94.4 Å². The zero-order chi connectivity index (χ0) is 30.4. The molecule has 2 aromatic carbocycles. The van der Waals surface area contributed by atoms with Gasteiger partial charge in [0.05, 0.1) is 34.4 Å². The molecule has 0 saturated heterocycles. The minimum absolute atomic E-state index is 0.0399. The number of aliphatic hydroxyl groups is 1. The van der Waals surface area contributed by atoms with Crippen LogP contribution in [-0.2, 0) is 5.60 Å². The number of nitrogens with zero attached hydrogens (tertiary/aromatic N) is 3. The van der Waals surface area contributed by atoms with Crippen LogP contribution in [-0.4, -0.2) is 69.1 Å². The monoisotopic (exact) mass is 595 g/mol. The van der Waals surface area contributed by atoms with E-state index < -0.39 is 17.3 Å². The first-order chi connectivity index (χ1) is 20.1. The molecule has 0 unspecified atom stereocenters. The van der Waals surface area contributed by atoms with Crippen molar-refractivity contribution in [3.8, 4) is 34.5 Å². The maximum absolute atomic E-state index is 16.3. The number of benzene rings is 2. The third-order valence-electron chi connectivity index (χ3n) is 7.20. The number of hydrogen-bond acceptors (Lipinski definition) is 8. The summed E-state index contributed by atoms with van der Waals surface area (Å²) in [5.41, 5.74) is 0.903. The van der Waals surface area contributed by atoms with Gasteiger partial charge in [-0.25, -0.2) is 9.37 Å². The molecule has 0 saturated carbocycles. The van der Waals surface area contributed by atoms with Gasteiger partial charge in [0.1, 0.15) is 5.60 Å². The number of pyridine rings is 2. The molecule has 0 amide bonds. The second-order valence-corrected chi connectivity index (χ2v) is 10.5. The summed E-state index contributed by atoms with van der Waals surface area (Å²) in [4.78, 5) is 10.9. The lowest BCUT2D eigenvalue weighted by atomic mass is 9.71. The highest BCUT2D eigenvalue weighted by atomic mass is 35.5. The molecule has 0 aliphatic heterocycles. The Morgan fingerprint density at radius 3 is 2.12 bits per heavy atom. The summed E-state index contributed by atoms with van der Waals surface area (Å²) >= 11 is 6.14. The summed E-state index contributed by atoms with van der Waals surface area (Å²) < 4.78 is 38.2. The highest BCUT2D eigenvalue weighted by molar-refractivity contribution is 6.30. The van der Waals surface area contributed by atoms with Gasteiger partial charge in [-0.05, 0) is 55.9 Å². The maximum Gasteiger partial charge on any atom is 0.217 e. The highest BCUT2D eigenvalue weighted by Gasteiger charge is 2.44. The van der Waals surface area contributed by atoms with Crippen molar-refractivity contribution < 1.29 is 28.4 Å². The van der Waals surface area contributed by atoms with E-state index >= 15 is 4.39 Å². The Morgan fingerprint density at radius 2 is 1.55 bits per heavy atom. The molecule has 4 aromatic rings. The molecule has 222 valence electrons. The lowest BCUT2D eigenvalue weighted by Crippen LogP contribution is -2.38. The number of rotatable bonds is 12. The van der Waals surface area contributed by atoms with Crippen molar-refractivity contribution in [2.24, 2.45) is 0 Å². The van der Waals surface area contributed by atoms with E-state index in [1.54, 1.807) is 42.6 Å². The van der Waals surface area contributed by atoms with E-state index in [0.717, 1.165) is 11.1 Å². The number of ether oxygens (including phenoxy) is 4. The third kappa shape index (κ3) is 6.43. The quantitative estimate of drug-likeness (QED) is 0.215. The molecule has 4 rings (SSSR count). The van der Waals surface area contributed by atoms with Crippen molar-refractivity contribution >= 4 is 11.6 Å². The normalized spacial score (nSPS) is 13.4. The molecule has 0 aliphatic carbocycles. The van der Waals surface area contributed by atoms with Crippen LogP contribution in [0.15, 0.2) is 66.9 Å². The summed E-state index contributed by atoms with van der Waals surface area (Å²) in [7, 11) is 9.65. The van der Waals surface area contributed by atoms with Gasteiger partial charge in [0.2, 0.25) is 17.6 Å². The summed E-state index contributed by atoms with van der Waals surface area (Å²) in [6, 6.07) is 17.3. The second-order valence-electron chi connectivity index (χ2n) is 10.0. The van der Waals surface area contributed by atoms with Gasteiger partial charge in [-0.2, -0.15) is 4.98 Å². The Morgan fingerprint density at radius 1 is 0.881 bits per heavy atom. The number of methoxy groups -OCH3 is 4. The van der Waals surface area contributed by atoms with E-state index in [0.29, 0.717) is 22.7 Å². The van der Waals surface area contributed by atoms with Crippen molar-refractivity contribution in [2.45, 2.75) is 17.9 Å². The van der Waals surface area contributed by atoms with Gasteiger partial charge in [0, 0.05) is 46.6 Å². The predicted molar refractivity (Wildman–Crippen MR) is 160 cm³/mol. The molecular formula is C32H35ClFN3O5. The molecular weight excluding hydrogens is 561 g/mol. The standard InChI is InChI=1S/C32H35ClFN3O5/c1-37(2)15-14-32(38,22-17-27(40-4)36-28(18-22)41-5)29(24-8-7-9-26(39-3)30(24)34)25-16-21(19-35-31(25)42-6)20-10-12-23(33)13-11-20/h7-13,16-19,29,38H,14-15H2,1-6H3/t29-,32+/m1/s1. The fourth-order valence-corrected chi connectivity index (χ4v) is 5.15. The molecule has 0 aliphatic rings. The lowest BCUT2D eigenvalue weighted by molar-refractivity contribution is 0.00229. The summed E-state index contributed by atoms with van der Waals surface area (Å²) in [6.45, 7) is 0.457. The smallest absolute Gasteiger partial charge is 0.217 e. The molecule has 0 fully saturated rings. The van der Waals surface area contributed by atoms with Crippen LogP contribution in [0.3, 0.4) is 0 Å². The average molecular weight is 596 g/mol. The fraction of sp³-hybridized carbons (Fsp3) is 0.312. The van der Waals surface area contributed by atoms with E-state index in [1.165, 1.54) is 34.5 Å². The van der Waals surface area contributed by atoms with Gasteiger partial charge < -0.3 is 29.0 Å². The molecule has 2 atom stereocenters. The van der Waals surface area contributed by atoms with Crippen molar-refractivity contribution in [1.29, 1.82) is 0 Å². The van der Waals surface area contributed by atoms with Gasteiger partial charge in [0.25, 0.3) is 0 Å². The number of hydrogen-bond donors (Lipinski definition) is 1. The van der Waals surface area contributed by atoms with Gasteiger partial charge in [-0.15, -0.1) is 0 Å². The van der Waals surface area contributed by atoms with Crippen LogP contribution in [0.1, 0.15) is 29.0 Å². The van der Waals surface area contributed by atoms with Crippen LogP contribution in [0, 0.1) is 5.82 Å². The first kappa shape index (κ1) is 31.0. The second kappa shape index (κ2) is 13.4. The molecule has 10 heteroatoms. The Balaban J connectivity index is 2.09. The predicted octanol–water partition coefficient (Wildman–Crippen LogP) is 5.94. The van der Waals surface area contributed by atoms with Crippen LogP contribution < -0.4 is 18.9 Å². The van der Waals surface area contributed by atoms with Crippen LogP contribution in [0.2, 0.25) is 5.02 Å². The Bertz CT molecular complexity index is 1500. The number of aromatic nitrogens is 2. The van der Waals surface area contributed by atoms with Crippen LogP contribution in [0.25, 0.3) is 11.1 Å². The molecule has 1 N–H and O–H groups in total. The Hall–Kier alpha value is -3.92. The van der Waals surface area contributed by atoms with Crippen LogP contribution in [0.4, 0.5) is 4.39 Å². The van der Waals surface area contributed by atoms with Crippen molar-refractivity contribution in [3.63, 3.8) is 0 Å². The molecule has 2 heterocycles. The Labute approximate surface area is 250 Å². The summed E-state index contributed by atoms with van der Waals surface area (Å²) in [6.07, 6.45) is 1.86. The molecule has 42 heavy (non-hydrogen) atoms. The Kier molecular flexibility index (Phi) is 9.88. The zero-order valence-corrected chi connectivity index (χ0v) is 25.3. The summed E-state index contributed by atoms with van der Waals surface area (Å²) in [5, 5.41) is 13.6. The topological polar surface area (TPSA) is 86.2 Å². The molecule has 2 aromatic heterocycles. The third-order valence-corrected chi connectivity index (χ3v) is 7.45. The van der Waals surface area contributed by atoms with Crippen molar-refractivity contribution in [2.75, 3.05) is 49.1 Å². The van der Waals surface area contributed by atoms with E-state index in [-0.39, 0.29) is 35.4 Å². The molecule has 0 radical (unpaired) electrons. The van der Waals surface area contributed by atoms with Crippen LogP contribution in [0.5, 0.6) is 23.4 Å². The molecule has 0 spiro atoms. The van der Waals surface area contributed by atoms with Crippen LogP contribution >= 0.6 is 11.6 Å². The average Bonchev–Trinajstić information content (AvgIpc) is 3.01. The van der Waals surface area contributed by atoms with Gasteiger partial charge in [-0.3, -0.25) is 0 Å². The van der Waals surface area contributed by atoms with Gasteiger partial charge in [-0.1, -0.05) is 35.9 Å². The maximum atomic E-state index is 16.3. The fourth-order valence-electron chi connectivity index (χ4n) is 5.03. The van der Waals surface area contributed by atoms with E-state index in [4.69, 9.17) is 30.5 Å². The minimum Gasteiger partial charge on any atom is -0.494 e. The lowest BCUT2D eigenvalue weighted by Gasteiger charge is -2.39. The first-order valence-electron chi connectivity index (χ1n) is 13.2. The van der Waals surface area contributed by atoms with E-state index in [2.05, 4.69) is 9.97 Å². The zero-order valence-electron chi connectivity index (χ0n) is 24.5. The first-order valence-corrected chi connectivity index (χ1v) is 13.6. The summed E-state index contributed by atoms with van der Waals surface area (Å²) in [5.74, 6) is -0.899.